The zero-order valence-corrected chi connectivity index (χ0v) is 11.2. The maximum atomic E-state index is 11.9. The molecule has 0 aliphatic heterocycles. The Hall–Kier alpha value is -1.37. The second kappa shape index (κ2) is 5.51. The Balaban J connectivity index is 3.18. The first-order chi connectivity index (χ1) is 8.24. The molecule has 0 aromatic heterocycles. The van der Waals surface area contributed by atoms with Gasteiger partial charge in [0.25, 0.3) is 0 Å². The summed E-state index contributed by atoms with van der Waals surface area (Å²) in [5, 5.41) is 8.98. The summed E-state index contributed by atoms with van der Waals surface area (Å²) in [6, 6.07) is 3.89. The molecule has 0 spiro atoms. The van der Waals surface area contributed by atoms with Crippen LogP contribution in [0.15, 0.2) is 34.7 Å². The van der Waals surface area contributed by atoms with Crippen LogP contribution in [0.25, 0.3) is 0 Å². The highest BCUT2D eigenvalue weighted by atomic mass is 35.5. The van der Waals surface area contributed by atoms with Crippen molar-refractivity contribution in [2.24, 2.45) is 0 Å². The SMILES string of the molecule is C=C(Cl)CNS(=O)(=O)c1cc(C(=O)O)ccc1C. The molecule has 18 heavy (non-hydrogen) atoms. The molecule has 1 aromatic rings. The number of aromatic carboxylic acids is 1. The summed E-state index contributed by atoms with van der Waals surface area (Å²) < 4.78 is 26.1. The van der Waals surface area contributed by atoms with Gasteiger partial charge >= 0.3 is 5.97 Å². The molecule has 2 N–H and O–H groups in total. The van der Waals surface area contributed by atoms with Crippen molar-refractivity contribution in [2.45, 2.75) is 11.8 Å². The number of aryl methyl sites for hydroxylation is 1. The van der Waals surface area contributed by atoms with E-state index in [1.54, 1.807) is 6.92 Å². The van der Waals surface area contributed by atoms with Crippen molar-refractivity contribution < 1.29 is 18.3 Å². The normalized spacial score (nSPS) is 11.2. The summed E-state index contributed by atoms with van der Waals surface area (Å²) in [4.78, 5) is 10.7. The van der Waals surface area contributed by atoms with Crippen molar-refractivity contribution in [3.63, 3.8) is 0 Å². The van der Waals surface area contributed by atoms with E-state index in [4.69, 9.17) is 16.7 Å². The predicted molar refractivity (Wildman–Crippen MR) is 68.3 cm³/mol. The molecule has 0 atom stereocenters. The molecule has 0 radical (unpaired) electrons. The number of carboxylic acid groups (broad SMARTS) is 1. The highest BCUT2D eigenvalue weighted by molar-refractivity contribution is 7.89. The van der Waals surface area contributed by atoms with Gasteiger partial charge in [0.1, 0.15) is 0 Å². The summed E-state index contributed by atoms with van der Waals surface area (Å²) in [5.74, 6) is -1.19. The van der Waals surface area contributed by atoms with Gasteiger partial charge in [0.2, 0.25) is 10.0 Å². The first-order valence-electron chi connectivity index (χ1n) is 4.91. The molecule has 0 bridgehead atoms. The molecular formula is C11H12ClNO4S. The van der Waals surface area contributed by atoms with Crippen LogP contribution in [-0.2, 0) is 10.0 Å². The highest BCUT2D eigenvalue weighted by Gasteiger charge is 2.18. The van der Waals surface area contributed by atoms with Crippen LogP contribution in [0.5, 0.6) is 0 Å². The molecule has 0 aliphatic carbocycles. The van der Waals surface area contributed by atoms with E-state index in [1.165, 1.54) is 12.1 Å². The molecule has 0 unspecified atom stereocenters. The molecular weight excluding hydrogens is 278 g/mol. The monoisotopic (exact) mass is 289 g/mol. The number of nitrogens with one attached hydrogen (secondary N) is 1. The predicted octanol–water partition coefficient (Wildman–Crippen LogP) is 1.72. The van der Waals surface area contributed by atoms with Crippen LogP contribution >= 0.6 is 11.6 Å². The van der Waals surface area contributed by atoms with Crippen molar-refractivity contribution in [3.8, 4) is 0 Å². The van der Waals surface area contributed by atoms with Gasteiger partial charge in [-0.25, -0.2) is 17.9 Å². The van der Waals surface area contributed by atoms with Crippen LogP contribution in [0.4, 0.5) is 0 Å². The second-order valence-electron chi connectivity index (χ2n) is 3.63. The maximum Gasteiger partial charge on any atom is 0.335 e. The minimum Gasteiger partial charge on any atom is -0.478 e. The Kier molecular flexibility index (Phi) is 4.50. The number of carboxylic acids is 1. The molecule has 0 saturated heterocycles. The van der Waals surface area contributed by atoms with Gasteiger partial charge in [0, 0.05) is 11.6 Å². The third-order valence-electron chi connectivity index (χ3n) is 2.18. The Bertz CT molecular complexity index is 595. The first-order valence-corrected chi connectivity index (χ1v) is 6.77. The zero-order chi connectivity index (χ0) is 13.9. The lowest BCUT2D eigenvalue weighted by atomic mass is 10.1. The third-order valence-corrected chi connectivity index (χ3v) is 3.86. The van der Waals surface area contributed by atoms with Crippen LogP contribution in [0.3, 0.4) is 0 Å². The van der Waals surface area contributed by atoms with Crippen LogP contribution in [0, 0.1) is 6.92 Å². The zero-order valence-electron chi connectivity index (χ0n) is 9.60. The fourth-order valence-electron chi connectivity index (χ4n) is 1.27. The average molecular weight is 290 g/mol. The number of rotatable bonds is 5. The van der Waals surface area contributed by atoms with E-state index in [9.17, 15) is 13.2 Å². The maximum absolute atomic E-state index is 11.9. The lowest BCUT2D eigenvalue weighted by molar-refractivity contribution is 0.0696. The molecule has 0 amide bonds. The van der Waals surface area contributed by atoms with Crippen LogP contribution in [-0.4, -0.2) is 26.0 Å². The van der Waals surface area contributed by atoms with Crippen molar-refractivity contribution in [2.75, 3.05) is 6.54 Å². The summed E-state index contributed by atoms with van der Waals surface area (Å²) in [6.45, 7) is 4.83. The van der Waals surface area contributed by atoms with Crippen LogP contribution in [0.2, 0.25) is 0 Å². The van der Waals surface area contributed by atoms with Gasteiger partial charge in [-0.2, -0.15) is 0 Å². The molecule has 0 saturated carbocycles. The van der Waals surface area contributed by atoms with Gasteiger partial charge in [-0.3, -0.25) is 0 Å². The van der Waals surface area contributed by atoms with Crippen molar-refractivity contribution in [1.82, 2.24) is 4.72 Å². The van der Waals surface area contributed by atoms with Crippen molar-refractivity contribution in [1.29, 1.82) is 0 Å². The van der Waals surface area contributed by atoms with Gasteiger partial charge < -0.3 is 5.11 Å². The standard InChI is InChI=1S/C11H12ClNO4S/c1-7-3-4-9(11(14)15)5-10(7)18(16,17)13-6-8(2)12/h3-5,13H,2,6H2,1H3,(H,14,15). The first kappa shape index (κ1) is 14.7. The number of hydrogen-bond donors (Lipinski definition) is 2. The van der Waals surface area contributed by atoms with Gasteiger partial charge in [0.15, 0.2) is 0 Å². The molecule has 0 fully saturated rings. The van der Waals surface area contributed by atoms with Gasteiger partial charge in [-0.1, -0.05) is 24.2 Å². The third kappa shape index (κ3) is 3.56. The smallest absolute Gasteiger partial charge is 0.335 e. The van der Waals surface area contributed by atoms with Crippen molar-refractivity contribution >= 4 is 27.6 Å². The number of carbonyl (C=O) groups is 1. The number of sulfonamides is 1. The molecule has 98 valence electrons. The largest absolute Gasteiger partial charge is 0.478 e. The number of halogens is 1. The highest BCUT2D eigenvalue weighted by Crippen LogP contribution is 2.17. The van der Waals surface area contributed by atoms with E-state index in [0.717, 1.165) is 6.07 Å². The Morgan fingerprint density at radius 3 is 2.61 bits per heavy atom. The van der Waals surface area contributed by atoms with E-state index < -0.39 is 16.0 Å². The molecule has 0 aliphatic rings. The summed E-state index contributed by atoms with van der Waals surface area (Å²) in [7, 11) is -3.80. The Morgan fingerprint density at radius 2 is 2.11 bits per heavy atom. The van der Waals surface area contributed by atoms with E-state index >= 15 is 0 Å². The summed E-state index contributed by atoms with van der Waals surface area (Å²) in [5.41, 5.74) is 0.360. The van der Waals surface area contributed by atoms with E-state index in [2.05, 4.69) is 11.3 Å². The molecule has 1 rings (SSSR count). The average Bonchev–Trinajstić information content (AvgIpc) is 2.26. The summed E-state index contributed by atoms with van der Waals surface area (Å²) in [6.07, 6.45) is 0. The molecule has 0 heterocycles. The lowest BCUT2D eigenvalue weighted by Gasteiger charge is -2.09. The summed E-state index contributed by atoms with van der Waals surface area (Å²) >= 11 is 5.48. The lowest BCUT2D eigenvalue weighted by Crippen LogP contribution is -2.25. The van der Waals surface area contributed by atoms with Crippen LogP contribution < -0.4 is 4.72 Å². The van der Waals surface area contributed by atoms with E-state index in [-0.39, 0.29) is 22.0 Å². The topological polar surface area (TPSA) is 83.5 Å². The van der Waals surface area contributed by atoms with Gasteiger partial charge in [0.05, 0.1) is 10.5 Å². The Morgan fingerprint density at radius 1 is 1.50 bits per heavy atom. The molecule has 7 heteroatoms. The fourth-order valence-corrected chi connectivity index (χ4v) is 2.71. The number of benzene rings is 1. The van der Waals surface area contributed by atoms with Gasteiger partial charge in [-0.15, -0.1) is 0 Å². The molecule has 1 aromatic carbocycles. The fraction of sp³-hybridized carbons (Fsp3) is 0.182. The quantitative estimate of drug-likeness (QED) is 0.864. The van der Waals surface area contributed by atoms with E-state index in [0.29, 0.717) is 5.56 Å². The number of hydrogen-bond acceptors (Lipinski definition) is 3. The van der Waals surface area contributed by atoms with Gasteiger partial charge in [-0.05, 0) is 24.6 Å². The van der Waals surface area contributed by atoms with Crippen LogP contribution in [0.1, 0.15) is 15.9 Å². The minimum absolute atomic E-state index is 0.0830. The minimum atomic E-state index is -3.80. The second-order valence-corrected chi connectivity index (χ2v) is 5.90. The Labute approximate surface area is 110 Å². The van der Waals surface area contributed by atoms with E-state index in [1.807, 2.05) is 0 Å². The van der Waals surface area contributed by atoms with Crippen molar-refractivity contribution in [3.05, 3.63) is 40.9 Å². The molecule has 5 nitrogen and oxygen atoms in total.